The molecule has 0 fully saturated rings. The molecule has 4 aromatic rings. The lowest BCUT2D eigenvalue weighted by Gasteiger charge is -2.24. The smallest absolute Gasteiger partial charge is 0.270 e. The molecule has 1 aliphatic heterocycles. The zero-order chi connectivity index (χ0) is 28.3. The first-order valence-electron chi connectivity index (χ1n) is 12.6. The number of amides is 1. The summed E-state index contributed by atoms with van der Waals surface area (Å²) in [5.74, 6) is -3.19. The Hall–Kier alpha value is -4.99. The molecule has 0 unspecified atom stereocenters. The fourth-order valence-corrected chi connectivity index (χ4v) is 4.08. The van der Waals surface area contributed by atoms with Gasteiger partial charge in [0.05, 0.1) is 12.0 Å². The van der Waals surface area contributed by atoms with E-state index in [0.29, 0.717) is 35.1 Å². The van der Waals surface area contributed by atoms with Crippen molar-refractivity contribution in [2.45, 2.75) is 26.7 Å². The summed E-state index contributed by atoms with van der Waals surface area (Å²) in [7, 11) is 0. The first-order valence-corrected chi connectivity index (χ1v) is 12.6. The van der Waals surface area contributed by atoms with Gasteiger partial charge in [0.15, 0.2) is 0 Å². The van der Waals surface area contributed by atoms with Crippen molar-refractivity contribution in [3.8, 4) is 11.3 Å². The second-order valence-corrected chi connectivity index (χ2v) is 9.52. The van der Waals surface area contributed by atoms with Crippen molar-refractivity contribution in [2.75, 3.05) is 22.1 Å². The van der Waals surface area contributed by atoms with Gasteiger partial charge in [0, 0.05) is 71.5 Å². The van der Waals surface area contributed by atoms with E-state index in [1.807, 2.05) is 32.1 Å². The van der Waals surface area contributed by atoms with Gasteiger partial charge in [0.25, 0.3) is 11.8 Å². The highest BCUT2D eigenvalue weighted by Crippen LogP contribution is 2.33. The third kappa shape index (κ3) is 6.17. The number of hydrogen-bond donors (Lipinski definition) is 2. The maximum absolute atomic E-state index is 14.3. The van der Waals surface area contributed by atoms with Crippen molar-refractivity contribution in [2.24, 2.45) is 4.99 Å². The number of nitrogens with one attached hydrogen (secondary N) is 2. The fraction of sp³-hybridized carbons (Fsp3) is 0.167. The standard InChI is InChI=1S/C30H27F2N7O/c1-19-6-7-21(13-27(19)38-29-34-11-8-26(37-29)22-5-4-10-33-17-22)28(40)36-24-14-23(30(3,31)32)15-25(16-24)39-12-9-20(2)35-18-39/h4-11,13-18H,12H2,1-3H3,(H,36,40)(H,34,37,38). The number of benzene rings is 2. The zero-order valence-corrected chi connectivity index (χ0v) is 22.2. The van der Waals surface area contributed by atoms with Crippen molar-refractivity contribution < 1.29 is 13.6 Å². The molecule has 202 valence electrons. The highest BCUT2D eigenvalue weighted by molar-refractivity contribution is 6.05. The minimum atomic E-state index is -3.10. The number of carbonyl (C=O) groups excluding carboxylic acids is 1. The highest BCUT2D eigenvalue weighted by Gasteiger charge is 2.26. The first-order chi connectivity index (χ1) is 19.2. The first kappa shape index (κ1) is 26.6. The maximum atomic E-state index is 14.3. The van der Waals surface area contributed by atoms with Gasteiger partial charge >= 0.3 is 0 Å². The van der Waals surface area contributed by atoms with Crippen LogP contribution in [0, 0.1) is 6.92 Å². The minimum Gasteiger partial charge on any atom is -0.328 e. The van der Waals surface area contributed by atoms with Gasteiger partial charge < -0.3 is 15.5 Å². The third-order valence-electron chi connectivity index (χ3n) is 6.36. The van der Waals surface area contributed by atoms with Crippen LogP contribution in [0.25, 0.3) is 11.3 Å². The van der Waals surface area contributed by atoms with Crippen LogP contribution in [0.5, 0.6) is 0 Å². The fourth-order valence-electron chi connectivity index (χ4n) is 4.08. The maximum Gasteiger partial charge on any atom is 0.270 e. The summed E-state index contributed by atoms with van der Waals surface area (Å²) in [5.41, 5.74) is 4.78. The molecule has 8 nitrogen and oxygen atoms in total. The number of hydrogen-bond acceptors (Lipinski definition) is 7. The summed E-state index contributed by atoms with van der Waals surface area (Å²) in [6.45, 7) is 5.07. The van der Waals surface area contributed by atoms with Crippen LogP contribution in [0.3, 0.4) is 0 Å². The molecule has 0 bridgehead atoms. The number of aryl methyl sites for hydroxylation is 1. The summed E-state index contributed by atoms with van der Waals surface area (Å²) in [6.07, 6.45) is 8.53. The molecule has 3 heterocycles. The summed E-state index contributed by atoms with van der Waals surface area (Å²) in [6, 6.07) is 15.0. The summed E-state index contributed by atoms with van der Waals surface area (Å²) in [5, 5.41) is 5.95. The lowest BCUT2D eigenvalue weighted by atomic mass is 10.1. The van der Waals surface area contributed by atoms with Gasteiger partial charge in [-0.05, 0) is 74.0 Å². The Kier molecular flexibility index (Phi) is 7.33. The Morgan fingerprint density at radius 1 is 1.05 bits per heavy atom. The van der Waals surface area contributed by atoms with E-state index >= 15 is 0 Å². The van der Waals surface area contributed by atoms with E-state index in [1.165, 1.54) is 12.1 Å². The van der Waals surface area contributed by atoms with Gasteiger partial charge in [-0.3, -0.25) is 9.78 Å². The molecule has 2 aromatic heterocycles. The number of anilines is 4. The zero-order valence-electron chi connectivity index (χ0n) is 22.2. The van der Waals surface area contributed by atoms with Crippen LogP contribution in [-0.4, -0.2) is 33.7 Å². The predicted octanol–water partition coefficient (Wildman–Crippen LogP) is 6.71. The summed E-state index contributed by atoms with van der Waals surface area (Å²) in [4.78, 5) is 32.2. The van der Waals surface area contributed by atoms with Crippen molar-refractivity contribution in [3.05, 3.63) is 102 Å². The van der Waals surface area contributed by atoms with E-state index in [1.54, 1.807) is 60.2 Å². The minimum absolute atomic E-state index is 0.211. The van der Waals surface area contributed by atoms with Crippen LogP contribution in [0.4, 0.5) is 31.8 Å². The molecule has 1 amide bonds. The van der Waals surface area contributed by atoms with Crippen molar-refractivity contribution >= 4 is 35.3 Å². The molecule has 1 aliphatic rings. The number of nitrogens with zero attached hydrogens (tertiary/aromatic N) is 5. The second-order valence-electron chi connectivity index (χ2n) is 9.52. The SMILES string of the molecule is CC1=CCN(c2cc(NC(=O)c3ccc(C)c(Nc4nccc(-c5cccnc5)n4)c3)cc(C(C)(F)F)c2)C=N1. The number of halogens is 2. The molecule has 2 aromatic carbocycles. The van der Waals surface area contributed by atoms with Crippen LogP contribution < -0.4 is 15.5 Å². The van der Waals surface area contributed by atoms with E-state index in [-0.39, 0.29) is 11.3 Å². The predicted molar refractivity (Wildman–Crippen MR) is 153 cm³/mol. The summed E-state index contributed by atoms with van der Waals surface area (Å²) >= 11 is 0. The Bertz CT molecular complexity index is 1610. The van der Waals surface area contributed by atoms with Crippen LogP contribution in [0.1, 0.15) is 35.3 Å². The molecule has 0 spiro atoms. The highest BCUT2D eigenvalue weighted by atomic mass is 19.3. The van der Waals surface area contributed by atoms with Gasteiger partial charge in [0.1, 0.15) is 0 Å². The van der Waals surface area contributed by atoms with E-state index in [0.717, 1.165) is 23.7 Å². The number of allylic oxidation sites excluding steroid dienone is 1. The molecule has 10 heteroatoms. The number of rotatable bonds is 7. The Morgan fingerprint density at radius 3 is 2.62 bits per heavy atom. The van der Waals surface area contributed by atoms with Gasteiger partial charge in [-0.2, -0.15) is 0 Å². The number of aromatic nitrogens is 3. The molecule has 0 saturated heterocycles. The van der Waals surface area contributed by atoms with Crippen molar-refractivity contribution in [3.63, 3.8) is 0 Å². The average Bonchev–Trinajstić information content (AvgIpc) is 2.94. The summed E-state index contributed by atoms with van der Waals surface area (Å²) < 4.78 is 28.7. The van der Waals surface area contributed by atoms with Crippen LogP contribution >= 0.6 is 0 Å². The lowest BCUT2D eigenvalue weighted by molar-refractivity contribution is 0.0175. The van der Waals surface area contributed by atoms with E-state index in [2.05, 4.69) is 30.6 Å². The van der Waals surface area contributed by atoms with Crippen LogP contribution in [0.15, 0.2) is 90.0 Å². The third-order valence-corrected chi connectivity index (χ3v) is 6.36. The number of alkyl halides is 2. The molecule has 5 rings (SSSR count). The largest absolute Gasteiger partial charge is 0.328 e. The molecule has 0 aliphatic carbocycles. The number of carbonyl (C=O) groups is 1. The molecular weight excluding hydrogens is 512 g/mol. The van der Waals surface area contributed by atoms with Gasteiger partial charge in [-0.15, -0.1) is 0 Å². The normalized spacial score (nSPS) is 13.1. The molecular formula is C30H27F2N7O. The van der Waals surface area contributed by atoms with Crippen molar-refractivity contribution in [1.82, 2.24) is 15.0 Å². The van der Waals surface area contributed by atoms with Gasteiger partial charge in [-0.1, -0.05) is 6.07 Å². The Morgan fingerprint density at radius 2 is 1.90 bits per heavy atom. The average molecular weight is 540 g/mol. The van der Waals surface area contributed by atoms with Crippen LogP contribution in [0.2, 0.25) is 0 Å². The Balaban J connectivity index is 1.39. The van der Waals surface area contributed by atoms with E-state index in [4.69, 9.17) is 0 Å². The second kappa shape index (κ2) is 11.0. The topological polar surface area (TPSA) is 95.4 Å². The van der Waals surface area contributed by atoms with Gasteiger partial charge in [-0.25, -0.2) is 23.7 Å². The molecule has 0 saturated carbocycles. The van der Waals surface area contributed by atoms with Gasteiger partial charge in [0.2, 0.25) is 5.95 Å². The van der Waals surface area contributed by atoms with E-state index in [9.17, 15) is 13.6 Å². The van der Waals surface area contributed by atoms with E-state index < -0.39 is 11.8 Å². The monoisotopic (exact) mass is 539 g/mol. The molecule has 0 atom stereocenters. The van der Waals surface area contributed by atoms with Crippen LogP contribution in [-0.2, 0) is 5.92 Å². The molecule has 0 radical (unpaired) electrons. The quantitative estimate of drug-likeness (QED) is 0.271. The molecule has 2 N–H and O–H groups in total. The van der Waals surface area contributed by atoms with Crippen molar-refractivity contribution in [1.29, 1.82) is 0 Å². The number of aliphatic imine (C=N–C) groups is 1. The Labute approximate surface area is 230 Å². The number of pyridine rings is 1. The molecule has 40 heavy (non-hydrogen) atoms. The lowest BCUT2D eigenvalue weighted by Crippen LogP contribution is -2.25.